The van der Waals surface area contributed by atoms with E-state index in [0.29, 0.717) is 5.69 Å². The highest BCUT2D eigenvalue weighted by Crippen LogP contribution is 2.34. The van der Waals surface area contributed by atoms with Crippen LogP contribution >= 0.6 is 0 Å². The maximum atomic E-state index is 12.8. The lowest BCUT2D eigenvalue weighted by Crippen LogP contribution is -2.12. The number of halogens is 3. The molecule has 0 bridgehead atoms. The van der Waals surface area contributed by atoms with Crippen molar-refractivity contribution in [3.63, 3.8) is 0 Å². The van der Waals surface area contributed by atoms with Gasteiger partial charge in [-0.15, -0.1) is 0 Å². The van der Waals surface area contributed by atoms with Gasteiger partial charge in [0, 0.05) is 12.7 Å². The molecule has 0 fully saturated rings. The maximum absolute atomic E-state index is 12.8. The van der Waals surface area contributed by atoms with E-state index in [4.69, 9.17) is 0 Å². The van der Waals surface area contributed by atoms with E-state index >= 15 is 0 Å². The minimum atomic E-state index is -4.44. The van der Waals surface area contributed by atoms with Crippen molar-refractivity contribution in [3.8, 4) is 5.69 Å². The third kappa shape index (κ3) is 2.22. The van der Waals surface area contributed by atoms with Crippen LogP contribution in [0.15, 0.2) is 30.6 Å². The smallest absolute Gasteiger partial charge is 0.388 e. The van der Waals surface area contributed by atoms with Gasteiger partial charge in [-0.25, -0.2) is 0 Å². The van der Waals surface area contributed by atoms with Crippen LogP contribution in [0.1, 0.15) is 5.56 Å². The first-order chi connectivity index (χ1) is 8.02. The van der Waals surface area contributed by atoms with E-state index in [9.17, 15) is 13.2 Å². The Balaban J connectivity index is 2.61. The van der Waals surface area contributed by atoms with Gasteiger partial charge >= 0.3 is 6.18 Å². The summed E-state index contributed by atoms with van der Waals surface area (Å²) in [5.74, 6) is 0. The third-order valence-corrected chi connectivity index (χ3v) is 2.23. The fraction of sp³-hybridized carbons (Fsp3) is 0.200. The standard InChI is InChI=1S/C10H9F3N4/c1-14-7-2-3-8(10(11,12)13)9(6-7)17-15-4-5-16-17/h2-6,14H,1H3. The maximum Gasteiger partial charge on any atom is 0.418 e. The van der Waals surface area contributed by atoms with E-state index in [0.717, 1.165) is 10.9 Å². The minimum Gasteiger partial charge on any atom is -0.388 e. The average Bonchev–Trinajstić information content (AvgIpc) is 2.80. The molecule has 0 unspecified atom stereocenters. The molecule has 1 aromatic carbocycles. The summed E-state index contributed by atoms with van der Waals surface area (Å²) in [7, 11) is 1.63. The first-order valence-electron chi connectivity index (χ1n) is 4.78. The molecule has 90 valence electrons. The summed E-state index contributed by atoms with van der Waals surface area (Å²) in [6.45, 7) is 0. The summed E-state index contributed by atoms with van der Waals surface area (Å²) >= 11 is 0. The highest BCUT2D eigenvalue weighted by Gasteiger charge is 2.34. The first-order valence-corrected chi connectivity index (χ1v) is 4.78. The predicted octanol–water partition coefficient (Wildman–Crippen LogP) is 2.33. The summed E-state index contributed by atoms with van der Waals surface area (Å²) in [4.78, 5) is 0.948. The molecule has 0 aliphatic carbocycles. The number of nitrogens with zero attached hydrogens (tertiary/aromatic N) is 3. The Kier molecular flexibility index (Phi) is 2.74. The molecule has 0 radical (unpaired) electrons. The van der Waals surface area contributed by atoms with Crippen LogP contribution in [0.2, 0.25) is 0 Å². The Morgan fingerprint density at radius 3 is 2.35 bits per heavy atom. The molecule has 1 aromatic heterocycles. The van der Waals surface area contributed by atoms with Gasteiger partial charge in [0.15, 0.2) is 0 Å². The molecule has 0 spiro atoms. The number of benzene rings is 1. The van der Waals surface area contributed by atoms with Gasteiger partial charge in [-0.05, 0) is 18.2 Å². The van der Waals surface area contributed by atoms with Crippen LogP contribution in [0.3, 0.4) is 0 Å². The molecule has 2 aromatic rings. The number of anilines is 1. The summed E-state index contributed by atoms with van der Waals surface area (Å²) in [6.07, 6.45) is -1.78. The minimum absolute atomic E-state index is 0.102. The quantitative estimate of drug-likeness (QED) is 0.878. The first kappa shape index (κ1) is 11.4. The highest BCUT2D eigenvalue weighted by atomic mass is 19.4. The number of nitrogens with one attached hydrogen (secondary N) is 1. The van der Waals surface area contributed by atoms with E-state index in [-0.39, 0.29) is 5.69 Å². The average molecular weight is 242 g/mol. The van der Waals surface area contributed by atoms with E-state index in [1.165, 1.54) is 24.5 Å². The lowest BCUT2D eigenvalue weighted by atomic mass is 10.1. The summed E-state index contributed by atoms with van der Waals surface area (Å²) in [5.41, 5.74) is -0.313. The van der Waals surface area contributed by atoms with Crippen LogP contribution < -0.4 is 5.32 Å². The largest absolute Gasteiger partial charge is 0.418 e. The van der Waals surface area contributed by atoms with Gasteiger partial charge in [0.25, 0.3) is 0 Å². The molecule has 0 aliphatic rings. The van der Waals surface area contributed by atoms with Crippen LogP contribution in [0.25, 0.3) is 5.69 Å². The van der Waals surface area contributed by atoms with Crippen LogP contribution in [-0.4, -0.2) is 22.0 Å². The zero-order chi connectivity index (χ0) is 12.5. The van der Waals surface area contributed by atoms with Gasteiger partial charge in [0.05, 0.1) is 23.6 Å². The lowest BCUT2D eigenvalue weighted by molar-refractivity contribution is -0.137. The fourth-order valence-electron chi connectivity index (χ4n) is 1.43. The van der Waals surface area contributed by atoms with Crippen molar-refractivity contribution in [1.82, 2.24) is 15.0 Å². The number of aromatic nitrogens is 3. The number of alkyl halides is 3. The molecule has 0 amide bonds. The van der Waals surface area contributed by atoms with Crippen LogP contribution in [0.5, 0.6) is 0 Å². The normalized spacial score (nSPS) is 11.5. The van der Waals surface area contributed by atoms with Crippen molar-refractivity contribution < 1.29 is 13.2 Å². The molecule has 0 aliphatic heterocycles. The Hall–Kier alpha value is -2.05. The molecule has 0 saturated carbocycles. The van der Waals surface area contributed by atoms with E-state index in [1.54, 1.807) is 7.05 Å². The number of hydrogen-bond donors (Lipinski definition) is 1. The number of rotatable bonds is 2. The fourth-order valence-corrected chi connectivity index (χ4v) is 1.43. The van der Waals surface area contributed by atoms with Crippen molar-refractivity contribution in [1.29, 1.82) is 0 Å². The van der Waals surface area contributed by atoms with Gasteiger partial charge < -0.3 is 5.32 Å². The SMILES string of the molecule is CNc1ccc(C(F)(F)F)c(-n2nccn2)c1. The van der Waals surface area contributed by atoms with Gasteiger partial charge in [-0.1, -0.05) is 0 Å². The van der Waals surface area contributed by atoms with Gasteiger partial charge in [-0.3, -0.25) is 0 Å². The zero-order valence-corrected chi connectivity index (χ0v) is 8.86. The molecule has 0 atom stereocenters. The molecule has 7 heteroatoms. The molecule has 1 heterocycles. The zero-order valence-electron chi connectivity index (χ0n) is 8.86. The topological polar surface area (TPSA) is 42.7 Å². The van der Waals surface area contributed by atoms with Crippen molar-refractivity contribution in [3.05, 3.63) is 36.2 Å². The third-order valence-electron chi connectivity index (χ3n) is 2.23. The van der Waals surface area contributed by atoms with E-state index < -0.39 is 11.7 Å². The van der Waals surface area contributed by atoms with E-state index in [2.05, 4.69) is 15.5 Å². The Morgan fingerprint density at radius 1 is 1.18 bits per heavy atom. The molecule has 2 rings (SSSR count). The molecule has 17 heavy (non-hydrogen) atoms. The van der Waals surface area contributed by atoms with Crippen LogP contribution in [-0.2, 0) is 6.18 Å². The second kappa shape index (κ2) is 4.08. The molecular formula is C10H9F3N4. The van der Waals surface area contributed by atoms with Crippen LogP contribution in [0, 0.1) is 0 Å². The Labute approximate surface area is 95.1 Å². The predicted molar refractivity (Wildman–Crippen MR) is 55.9 cm³/mol. The molecule has 4 nitrogen and oxygen atoms in total. The highest BCUT2D eigenvalue weighted by molar-refractivity contribution is 5.55. The summed E-state index contributed by atoms with van der Waals surface area (Å²) in [6, 6.07) is 3.71. The van der Waals surface area contributed by atoms with E-state index in [1.807, 2.05) is 0 Å². The molecule has 0 saturated heterocycles. The Morgan fingerprint density at radius 2 is 1.82 bits per heavy atom. The summed E-state index contributed by atoms with van der Waals surface area (Å²) < 4.78 is 38.4. The van der Waals surface area contributed by atoms with Crippen molar-refractivity contribution in [2.75, 3.05) is 12.4 Å². The van der Waals surface area contributed by atoms with Gasteiger partial charge in [-0.2, -0.15) is 28.2 Å². The Bertz CT molecular complexity index is 505. The number of hydrogen-bond acceptors (Lipinski definition) is 3. The summed E-state index contributed by atoms with van der Waals surface area (Å²) in [5, 5.41) is 10.2. The van der Waals surface area contributed by atoms with Gasteiger partial charge in [0.1, 0.15) is 0 Å². The van der Waals surface area contributed by atoms with Crippen molar-refractivity contribution >= 4 is 5.69 Å². The second-order valence-electron chi connectivity index (χ2n) is 3.30. The van der Waals surface area contributed by atoms with Crippen molar-refractivity contribution in [2.45, 2.75) is 6.18 Å². The van der Waals surface area contributed by atoms with Gasteiger partial charge in [0.2, 0.25) is 0 Å². The molecular weight excluding hydrogens is 233 g/mol. The lowest BCUT2D eigenvalue weighted by Gasteiger charge is -2.13. The second-order valence-corrected chi connectivity index (χ2v) is 3.30. The monoisotopic (exact) mass is 242 g/mol. The van der Waals surface area contributed by atoms with Crippen LogP contribution in [0.4, 0.5) is 18.9 Å². The van der Waals surface area contributed by atoms with Crippen molar-refractivity contribution in [2.24, 2.45) is 0 Å². The molecule has 1 N–H and O–H groups in total.